The highest BCUT2D eigenvalue weighted by Crippen LogP contribution is 2.31. The fraction of sp³-hybridized carbons (Fsp3) is 0.500. The number of halogens is 1. The molecule has 2 rings (SSSR count). The number of nitrogens with one attached hydrogen (secondary N) is 1. The number of nitrogens with two attached hydrogens (primary N) is 1. The average molecular weight is 288 g/mol. The Kier molecular flexibility index (Phi) is 4.07. The molecule has 5 nitrogen and oxygen atoms in total. The maximum Gasteiger partial charge on any atom is 0.274 e. The van der Waals surface area contributed by atoms with Gasteiger partial charge in [-0.2, -0.15) is 13.1 Å². The Morgan fingerprint density at radius 1 is 1.53 bits per heavy atom. The molecular weight excluding hydrogens is 271 g/mol. The van der Waals surface area contributed by atoms with E-state index in [1.54, 1.807) is 6.92 Å². The number of ether oxygens (including phenoxy) is 1. The van der Waals surface area contributed by atoms with Crippen molar-refractivity contribution >= 4 is 10.2 Å². The topological polar surface area (TPSA) is 81.4 Å². The third-order valence-electron chi connectivity index (χ3n) is 2.97. The average Bonchev–Trinajstić information content (AvgIpc) is 3.09. The molecule has 1 aromatic carbocycles. The number of hydrogen-bond acceptors (Lipinski definition) is 3. The van der Waals surface area contributed by atoms with Gasteiger partial charge in [-0.3, -0.25) is 0 Å². The first-order chi connectivity index (χ1) is 8.85. The molecule has 1 saturated carbocycles. The maximum atomic E-state index is 13.6. The molecule has 7 heteroatoms. The Morgan fingerprint density at radius 3 is 2.79 bits per heavy atom. The second kappa shape index (κ2) is 5.44. The van der Waals surface area contributed by atoms with Crippen molar-refractivity contribution in [2.45, 2.75) is 25.8 Å². The van der Waals surface area contributed by atoms with Crippen molar-refractivity contribution in [3.63, 3.8) is 0 Å². The van der Waals surface area contributed by atoms with E-state index in [9.17, 15) is 12.8 Å². The number of benzene rings is 1. The predicted molar refractivity (Wildman–Crippen MR) is 69.3 cm³/mol. The van der Waals surface area contributed by atoms with Gasteiger partial charge in [0.15, 0.2) is 11.6 Å². The summed E-state index contributed by atoms with van der Waals surface area (Å²) < 4.78 is 43.1. The second-order valence-electron chi connectivity index (χ2n) is 4.83. The Labute approximate surface area is 112 Å². The molecule has 1 aliphatic carbocycles. The van der Waals surface area contributed by atoms with Crippen molar-refractivity contribution < 1.29 is 17.5 Å². The van der Waals surface area contributed by atoms with Crippen LogP contribution >= 0.6 is 0 Å². The van der Waals surface area contributed by atoms with Crippen LogP contribution in [-0.4, -0.2) is 15.0 Å². The molecule has 0 spiro atoms. The zero-order valence-corrected chi connectivity index (χ0v) is 11.4. The summed E-state index contributed by atoms with van der Waals surface area (Å²) in [5.41, 5.74) is 0.598. The van der Waals surface area contributed by atoms with Crippen LogP contribution in [0.25, 0.3) is 0 Å². The van der Waals surface area contributed by atoms with Crippen LogP contribution in [-0.2, 0) is 10.2 Å². The van der Waals surface area contributed by atoms with Gasteiger partial charge in [0.1, 0.15) is 0 Å². The molecule has 1 fully saturated rings. The SMILES string of the molecule is C[C@@H](NS(N)(=O)=O)c1ccc(F)c(OCC2CC2)c1. The van der Waals surface area contributed by atoms with Crippen LogP contribution in [0.1, 0.15) is 31.4 Å². The first kappa shape index (κ1) is 14.2. The highest BCUT2D eigenvalue weighted by Gasteiger charge is 2.23. The fourth-order valence-electron chi connectivity index (χ4n) is 1.71. The van der Waals surface area contributed by atoms with E-state index in [0.29, 0.717) is 18.1 Å². The largest absolute Gasteiger partial charge is 0.490 e. The minimum absolute atomic E-state index is 0.146. The lowest BCUT2D eigenvalue weighted by Gasteiger charge is -2.14. The van der Waals surface area contributed by atoms with Gasteiger partial charge in [-0.25, -0.2) is 9.53 Å². The molecule has 0 saturated heterocycles. The molecule has 3 N–H and O–H groups in total. The van der Waals surface area contributed by atoms with Gasteiger partial charge in [-0.05, 0) is 43.4 Å². The smallest absolute Gasteiger partial charge is 0.274 e. The van der Waals surface area contributed by atoms with Gasteiger partial charge in [-0.1, -0.05) is 6.07 Å². The molecule has 106 valence electrons. The maximum absolute atomic E-state index is 13.6. The van der Waals surface area contributed by atoms with Gasteiger partial charge in [0, 0.05) is 6.04 Å². The molecule has 0 amide bonds. The molecule has 19 heavy (non-hydrogen) atoms. The van der Waals surface area contributed by atoms with E-state index in [1.807, 2.05) is 0 Å². The van der Waals surface area contributed by atoms with E-state index < -0.39 is 22.1 Å². The summed E-state index contributed by atoms with van der Waals surface area (Å²) >= 11 is 0. The quantitative estimate of drug-likeness (QED) is 0.831. The molecule has 1 aliphatic rings. The summed E-state index contributed by atoms with van der Waals surface area (Å²) in [7, 11) is -3.79. The summed E-state index contributed by atoms with van der Waals surface area (Å²) in [6, 6.07) is 3.72. The van der Waals surface area contributed by atoms with Gasteiger partial charge in [0.2, 0.25) is 0 Å². The summed E-state index contributed by atoms with van der Waals surface area (Å²) in [6.07, 6.45) is 2.23. The van der Waals surface area contributed by atoms with E-state index in [0.717, 1.165) is 12.8 Å². The van der Waals surface area contributed by atoms with Gasteiger partial charge in [-0.15, -0.1) is 0 Å². The van der Waals surface area contributed by atoms with Crippen LogP contribution < -0.4 is 14.6 Å². The third-order valence-corrected chi connectivity index (χ3v) is 3.65. The summed E-state index contributed by atoms with van der Waals surface area (Å²) in [4.78, 5) is 0. The molecule has 0 bridgehead atoms. The minimum Gasteiger partial charge on any atom is -0.490 e. The van der Waals surface area contributed by atoms with E-state index in [-0.39, 0.29) is 5.75 Å². The standard InChI is InChI=1S/C12H17FN2O3S/c1-8(15-19(14,16)17)10-4-5-11(13)12(6-10)18-7-9-2-3-9/h4-6,8-9,15H,2-3,7H2,1H3,(H2,14,16,17)/t8-/m1/s1. The van der Waals surface area contributed by atoms with E-state index >= 15 is 0 Å². The van der Waals surface area contributed by atoms with Crippen molar-refractivity contribution in [2.24, 2.45) is 11.1 Å². The molecule has 0 radical (unpaired) electrons. The van der Waals surface area contributed by atoms with Crippen LogP contribution in [0, 0.1) is 11.7 Å². The lowest BCUT2D eigenvalue weighted by atomic mass is 10.1. The first-order valence-electron chi connectivity index (χ1n) is 6.07. The van der Waals surface area contributed by atoms with Gasteiger partial charge in [0.25, 0.3) is 10.2 Å². The highest BCUT2D eigenvalue weighted by molar-refractivity contribution is 7.87. The number of hydrogen-bond donors (Lipinski definition) is 2. The van der Waals surface area contributed by atoms with Crippen LogP contribution in [0.5, 0.6) is 5.75 Å². The van der Waals surface area contributed by atoms with E-state index in [4.69, 9.17) is 9.88 Å². The summed E-state index contributed by atoms with van der Waals surface area (Å²) in [5.74, 6) is 0.211. The minimum atomic E-state index is -3.79. The zero-order chi connectivity index (χ0) is 14.0. The molecule has 1 aromatic rings. The van der Waals surface area contributed by atoms with Gasteiger partial charge >= 0.3 is 0 Å². The van der Waals surface area contributed by atoms with Crippen LogP contribution in [0.15, 0.2) is 18.2 Å². The van der Waals surface area contributed by atoms with Crippen LogP contribution in [0.2, 0.25) is 0 Å². The Bertz CT molecular complexity index is 558. The predicted octanol–water partition coefficient (Wildman–Crippen LogP) is 1.47. The molecule has 0 aromatic heterocycles. The summed E-state index contributed by atoms with van der Waals surface area (Å²) in [5, 5.41) is 4.90. The molecule has 0 unspecified atom stereocenters. The van der Waals surface area contributed by atoms with Crippen LogP contribution in [0.3, 0.4) is 0 Å². The van der Waals surface area contributed by atoms with Crippen molar-refractivity contribution in [3.05, 3.63) is 29.6 Å². The molecule has 0 aliphatic heterocycles. The Morgan fingerprint density at radius 2 is 2.21 bits per heavy atom. The van der Waals surface area contributed by atoms with Crippen molar-refractivity contribution in [1.29, 1.82) is 0 Å². The van der Waals surface area contributed by atoms with E-state index in [1.165, 1.54) is 18.2 Å². The highest BCUT2D eigenvalue weighted by atomic mass is 32.2. The molecular formula is C12H17FN2O3S. The Hall–Kier alpha value is -1.18. The normalized spacial score (nSPS) is 17.2. The van der Waals surface area contributed by atoms with Gasteiger partial charge in [0.05, 0.1) is 6.61 Å². The lowest BCUT2D eigenvalue weighted by Crippen LogP contribution is -2.32. The van der Waals surface area contributed by atoms with Crippen molar-refractivity contribution in [1.82, 2.24) is 4.72 Å². The van der Waals surface area contributed by atoms with Crippen molar-refractivity contribution in [3.8, 4) is 5.75 Å². The Balaban J connectivity index is 2.09. The van der Waals surface area contributed by atoms with Crippen LogP contribution in [0.4, 0.5) is 4.39 Å². The molecule has 1 atom stereocenters. The fourth-order valence-corrected chi connectivity index (χ4v) is 2.34. The third kappa shape index (κ3) is 4.45. The van der Waals surface area contributed by atoms with Gasteiger partial charge < -0.3 is 4.74 Å². The lowest BCUT2D eigenvalue weighted by molar-refractivity contribution is 0.285. The monoisotopic (exact) mass is 288 g/mol. The first-order valence-corrected chi connectivity index (χ1v) is 7.62. The number of rotatable bonds is 6. The summed E-state index contributed by atoms with van der Waals surface area (Å²) in [6.45, 7) is 2.12. The zero-order valence-electron chi connectivity index (χ0n) is 10.6. The second-order valence-corrected chi connectivity index (χ2v) is 6.15. The van der Waals surface area contributed by atoms with E-state index in [2.05, 4.69) is 4.72 Å². The van der Waals surface area contributed by atoms with Crippen molar-refractivity contribution in [2.75, 3.05) is 6.61 Å². The molecule has 0 heterocycles.